The molecule has 8 aromatic carbocycles. The van der Waals surface area contributed by atoms with Crippen LogP contribution in [0.2, 0.25) is 0 Å². The number of hydrogen-bond acceptors (Lipinski definition) is 2. The lowest BCUT2D eigenvalue weighted by atomic mass is 9.84. The normalized spacial score (nSPS) is 11.9. The lowest BCUT2D eigenvalue weighted by molar-refractivity contribution is 0.668. The number of hydrogen-bond donors (Lipinski definition) is 0. The maximum atomic E-state index is 6.20. The van der Waals surface area contributed by atoms with E-state index in [0.717, 1.165) is 43.9 Å². The first kappa shape index (κ1) is 25.2. The van der Waals surface area contributed by atoms with Crippen LogP contribution in [0.15, 0.2) is 167 Å². The van der Waals surface area contributed by atoms with Crippen LogP contribution in [0, 0.1) is 0 Å². The van der Waals surface area contributed by atoms with Crippen LogP contribution in [0.25, 0.3) is 98.8 Å². The van der Waals surface area contributed by atoms with Crippen molar-refractivity contribution in [3.63, 3.8) is 0 Å². The summed E-state index contributed by atoms with van der Waals surface area (Å²) in [5, 5.41) is 9.47. The average molecular weight is 587 g/mol. The van der Waals surface area contributed by atoms with Crippen LogP contribution in [-0.2, 0) is 0 Å². The molecule has 46 heavy (non-hydrogen) atoms. The topological polar surface area (TPSA) is 26.3 Å². The molecule has 0 bridgehead atoms. The Morgan fingerprint density at radius 1 is 0.239 bits per heavy atom. The van der Waals surface area contributed by atoms with Gasteiger partial charge in [0.1, 0.15) is 22.3 Å². The molecule has 0 N–H and O–H groups in total. The number of furan rings is 2. The molecule has 0 amide bonds. The van der Waals surface area contributed by atoms with Crippen LogP contribution in [0.4, 0.5) is 0 Å². The zero-order valence-electron chi connectivity index (χ0n) is 24.8. The van der Waals surface area contributed by atoms with Gasteiger partial charge in [-0.25, -0.2) is 0 Å². The Labute approximate surface area is 264 Å². The summed E-state index contributed by atoms with van der Waals surface area (Å²) >= 11 is 0. The highest BCUT2D eigenvalue weighted by Gasteiger charge is 2.19. The summed E-state index contributed by atoms with van der Waals surface area (Å²) in [6.07, 6.45) is 0. The van der Waals surface area contributed by atoms with E-state index < -0.39 is 0 Å². The van der Waals surface area contributed by atoms with Crippen molar-refractivity contribution >= 4 is 65.4 Å². The van der Waals surface area contributed by atoms with E-state index in [1.807, 2.05) is 24.3 Å². The Morgan fingerprint density at radius 3 is 1.28 bits per heavy atom. The minimum Gasteiger partial charge on any atom is -0.456 e. The number of benzene rings is 8. The van der Waals surface area contributed by atoms with Gasteiger partial charge in [-0.15, -0.1) is 0 Å². The molecular weight excluding hydrogens is 560 g/mol. The molecule has 10 rings (SSSR count). The van der Waals surface area contributed by atoms with Crippen LogP contribution >= 0.6 is 0 Å². The zero-order chi connectivity index (χ0) is 30.2. The van der Waals surface area contributed by atoms with E-state index in [0.29, 0.717) is 0 Å². The summed E-state index contributed by atoms with van der Waals surface area (Å²) in [4.78, 5) is 0. The zero-order valence-corrected chi connectivity index (χ0v) is 24.8. The molecule has 2 nitrogen and oxygen atoms in total. The molecular formula is C44H26O2. The highest BCUT2D eigenvalue weighted by molar-refractivity contribution is 6.22. The first-order chi connectivity index (χ1) is 22.8. The van der Waals surface area contributed by atoms with E-state index in [4.69, 9.17) is 8.83 Å². The smallest absolute Gasteiger partial charge is 0.135 e. The molecule has 0 fully saturated rings. The van der Waals surface area contributed by atoms with Gasteiger partial charge in [-0.05, 0) is 97.4 Å². The van der Waals surface area contributed by atoms with Crippen molar-refractivity contribution in [1.29, 1.82) is 0 Å². The van der Waals surface area contributed by atoms with Crippen molar-refractivity contribution < 1.29 is 8.83 Å². The molecule has 0 saturated carbocycles. The third-order valence-corrected chi connectivity index (χ3v) is 9.46. The van der Waals surface area contributed by atoms with Crippen molar-refractivity contribution in [2.75, 3.05) is 0 Å². The van der Waals surface area contributed by atoms with Gasteiger partial charge in [0, 0.05) is 21.5 Å². The van der Waals surface area contributed by atoms with Crippen molar-refractivity contribution in [3.05, 3.63) is 158 Å². The minimum absolute atomic E-state index is 0.906. The number of para-hydroxylation sites is 2. The minimum atomic E-state index is 0.906. The molecule has 0 aliphatic heterocycles. The van der Waals surface area contributed by atoms with E-state index in [9.17, 15) is 0 Å². The molecule has 0 atom stereocenters. The van der Waals surface area contributed by atoms with E-state index in [2.05, 4.69) is 133 Å². The Hall–Kier alpha value is -6.12. The summed E-state index contributed by atoms with van der Waals surface area (Å²) in [5.41, 5.74) is 10.9. The van der Waals surface area contributed by atoms with Crippen LogP contribution in [-0.4, -0.2) is 0 Å². The predicted molar refractivity (Wildman–Crippen MR) is 192 cm³/mol. The quantitative estimate of drug-likeness (QED) is 0.193. The fraction of sp³-hybridized carbons (Fsp3) is 0. The highest BCUT2D eigenvalue weighted by atomic mass is 16.3. The van der Waals surface area contributed by atoms with Gasteiger partial charge in [-0.1, -0.05) is 115 Å². The van der Waals surface area contributed by atoms with Gasteiger partial charge in [0.25, 0.3) is 0 Å². The summed E-state index contributed by atoms with van der Waals surface area (Å²) in [5.74, 6) is 0. The largest absolute Gasteiger partial charge is 0.456 e. The van der Waals surface area contributed by atoms with Gasteiger partial charge in [-0.2, -0.15) is 0 Å². The second-order valence-electron chi connectivity index (χ2n) is 12.0. The van der Waals surface area contributed by atoms with Crippen molar-refractivity contribution in [2.45, 2.75) is 0 Å². The van der Waals surface area contributed by atoms with Gasteiger partial charge in [0.15, 0.2) is 0 Å². The second-order valence-corrected chi connectivity index (χ2v) is 12.0. The van der Waals surface area contributed by atoms with Gasteiger partial charge >= 0.3 is 0 Å². The van der Waals surface area contributed by atoms with Gasteiger partial charge in [0.2, 0.25) is 0 Å². The molecule has 2 heterocycles. The standard InChI is InChI=1S/C44H26O2/c1-2-10-27(11-3-1)43-33-14-4-5-15-34(33)44(30-20-23-42-37(26-30)32-13-7-9-17-40(32)46-42)35-21-18-28(25-38(35)43)29-19-22-41-36(24-29)31-12-6-8-16-39(31)45-41/h1-26H. The Bertz CT molecular complexity index is 2800. The predicted octanol–water partition coefficient (Wildman–Crippen LogP) is 12.8. The van der Waals surface area contributed by atoms with E-state index >= 15 is 0 Å². The third kappa shape index (κ3) is 3.71. The highest BCUT2D eigenvalue weighted by Crippen LogP contribution is 2.46. The van der Waals surface area contributed by atoms with Crippen LogP contribution in [0.3, 0.4) is 0 Å². The maximum absolute atomic E-state index is 6.20. The first-order valence-corrected chi connectivity index (χ1v) is 15.7. The Balaban J connectivity index is 1.29. The van der Waals surface area contributed by atoms with Crippen LogP contribution in [0.1, 0.15) is 0 Å². The molecule has 0 aliphatic carbocycles. The van der Waals surface area contributed by atoms with Crippen molar-refractivity contribution in [3.8, 4) is 33.4 Å². The molecule has 0 spiro atoms. The lowest BCUT2D eigenvalue weighted by Crippen LogP contribution is -1.91. The Morgan fingerprint density at radius 2 is 0.652 bits per heavy atom. The SMILES string of the molecule is c1ccc(-c2c3ccccc3c(-c3ccc4oc5ccccc5c4c3)c3ccc(-c4ccc5oc6ccccc6c5c4)cc23)cc1. The van der Waals surface area contributed by atoms with Gasteiger partial charge in [0.05, 0.1) is 0 Å². The maximum Gasteiger partial charge on any atom is 0.135 e. The average Bonchev–Trinajstić information content (AvgIpc) is 3.68. The molecule has 0 aliphatic rings. The van der Waals surface area contributed by atoms with Crippen LogP contribution in [0.5, 0.6) is 0 Å². The summed E-state index contributed by atoms with van der Waals surface area (Å²) in [7, 11) is 0. The summed E-state index contributed by atoms with van der Waals surface area (Å²) in [6.45, 7) is 0. The van der Waals surface area contributed by atoms with Crippen LogP contribution < -0.4 is 0 Å². The Kier molecular flexibility index (Phi) is 5.31. The molecule has 2 aromatic heterocycles. The van der Waals surface area contributed by atoms with Gasteiger partial charge in [-0.3, -0.25) is 0 Å². The summed E-state index contributed by atoms with van der Waals surface area (Å²) < 4.78 is 12.4. The van der Waals surface area contributed by atoms with E-state index in [-0.39, 0.29) is 0 Å². The molecule has 214 valence electrons. The van der Waals surface area contributed by atoms with E-state index in [1.54, 1.807) is 0 Å². The second kappa shape index (κ2) is 9.69. The third-order valence-electron chi connectivity index (χ3n) is 9.46. The van der Waals surface area contributed by atoms with Crippen molar-refractivity contribution in [1.82, 2.24) is 0 Å². The number of rotatable bonds is 3. The van der Waals surface area contributed by atoms with Crippen molar-refractivity contribution in [2.24, 2.45) is 0 Å². The van der Waals surface area contributed by atoms with E-state index in [1.165, 1.54) is 54.9 Å². The molecule has 2 heteroatoms. The molecule has 10 aromatic rings. The first-order valence-electron chi connectivity index (χ1n) is 15.7. The van der Waals surface area contributed by atoms with Gasteiger partial charge < -0.3 is 8.83 Å². The fourth-order valence-corrected chi connectivity index (χ4v) is 7.37. The monoisotopic (exact) mass is 586 g/mol. The molecule has 0 saturated heterocycles. The fourth-order valence-electron chi connectivity index (χ4n) is 7.37. The lowest BCUT2D eigenvalue weighted by Gasteiger charge is -2.19. The summed E-state index contributed by atoms with van der Waals surface area (Å²) in [6, 6.07) is 56.3. The molecule has 0 unspecified atom stereocenters. The molecule has 0 radical (unpaired) electrons. The number of fused-ring (bicyclic) bond motifs is 8.